The van der Waals surface area contributed by atoms with E-state index < -0.39 is 0 Å². The van der Waals surface area contributed by atoms with Gasteiger partial charge in [-0.2, -0.15) is 0 Å². The number of halogens is 1. The molecule has 0 aliphatic carbocycles. The standard InChI is InChI=1S/C7H7BrN2/c1-2-5-3-4-10-7(8)6(5)9/h2-4H,1,9H2. The monoisotopic (exact) mass is 198 g/mol. The first-order valence-corrected chi connectivity index (χ1v) is 3.57. The van der Waals surface area contributed by atoms with E-state index in [9.17, 15) is 0 Å². The van der Waals surface area contributed by atoms with Crippen molar-refractivity contribution in [2.75, 3.05) is 5.73 Å². The number of pyridine rings is 1. The van der Waals surface area contributed by atoms with Crippen LogP contribution < -0.4 is 5.73 Å². The molecule has 0 atom stereocenters. The van der Waals surface area contributed by atoms with Gasteiger partial charge in [-0.1, -0.05) is 12.7 Å². The second-order valence-corrected chi connectivity index (χ2v) is 2.56. The highest BCUT2D eigenvalue weighted by atomic mass is 79.9. The molecule has 1 aromatic heterocycles. The van der Waals surface area contributed by atoms with E-state index in [-0.39, 0.29) is 0 Å². The lowest BCUT2D eigenvalue weighted by atomic mass is 10.2. The molecule has 10 heavy (non-hydrogen) atoms. The highest BCUT2D eigenvalue weighted by Gasteiger charge is 1.97. The van der Waals surface area contributed by atoms with E-state index in [1.807, 2.05) is 6.07 Å². The molecule has 0 spiro atoms. The maximum absolute atomic E-state index is 5.61. The lowest BCUT2D eigenvalue weighted by molar-refractivity contribution is 1.28. The van der Waals surface area contributed by atoms with Crippen molar-refractivity contribution in [3.8, 4) is 0 Å². The fourth-order valence-corrected chi connectivity index (χ4v) is 0.987. The summed E-state index contributed by atoms with van der Waals surface area (Å²) in [6, 6.07) is 1.81. The second-order valence-electron chi connectivity index (χ2n) is 1.81. The molecule has 0 aliphatic heterocycles. The first-order chi connectivity index (χ1) is 4.75. The summed E-state index contributed by atoms with van der Waals surface area (Å²) in [6.45, 7) is 3.60. The SMILES string of the molecule is C=Cc1ccnc(Br)c1N. The molecule has 2 N–H and O–H groups in total. The van der Waals surface area contributed by atoms with Gasteiger partial charge in [-0.05, 0) is 22.0 Å². The normalized spacial score (nSPS) is 9.30. The molecule has 0 bridgehead atoms. The Morgan fingerprint density at radius 1 is 1.70 bits per heavy atom. The molecular formula is C7H7BrN2. The van der Waals surface area contributed by atoms with Crippen molar-refractivity contribution in [3.63, 3.8) is 0 Å². The number of nitrogen functional groups attached to an aromatic ring is 1. The number of anilines is 1. The Morgan fingerprint density at radius 2 is 2.40 bits per heavy atom. The predicted octanol–water partition coefficient (Wildman–Crippen LogP) is 2.07. The third-order valence-corrected chi connectivity index (χ3v) is 1.83. The fraction of sp³-hybridized carbons (Fsp3) is 0. The highest BCUT2D eigenvalue weighted by molar-refractivity contribution is 9.10. The lowest BCUT2D eigenvalue weighted by Gasteiger charge is -1.99. The van der Waals surface area contributed by atoms with Gasteiger partial charge in [0.1, 0.15) is 4.60 Å². The van der Waals surface area contributed by atoms with Crippen molar-refractivity contribution in [3.05, 3.63) is 29.0 Å². The first-order valence-electron chi connectivity index (χ1n) is 2.78. The Kier molecular flexibility index (Phi) is 2.06. The molecule has 0 saturated heterocycles. The number of aromatic nitrogens is 1. The van der Waals surface area contributed by atoms with Gasteiger partial charge in [-0.15, -0.1) is 0 Å². The zero-order chi connectivity index (χ0) is 7.56. The number of nitrogens with two attached hydrogens (primary N) is 1. The van der Waals surface area contributed by atoms with Gasteiger partial charge in [0.05, 0.1) is 5.69 Å². The summed E-state index contributed by atoms with van der Waals surface area (Å²) in [4.78, 5) is 3.93. The van der Waals surface area contributed by atoms with Crippen LogP contribution in [0.2, 0.25) is 0 Å². The molecule has 0 amide bonds. The topological polar surface area (TPSA) is 38.9 Å². The van der Waals surface area contributed by atoms with Gasteiger partial charge in [0, 0.05) is 11.8 Å². The predicted molar refractivity (Wildman–Crippen MR) is 46.4 cm³/mol. The van der Waals surface area contributed by atoms with Gasteiger partial charge in [-0.3, -0.25) is 0 Å². The van der Waals surface area contributed by atoms with Gasteiger partial charge in [-0.25, -0.2) is 4.98 Å². The van der Waals surface area contributed by atoms with Crippen LogP contribution in [0, 0.1) is 0 Å². The number of nitrogens with zero attached hydrogens (tertiary/aromatic N) is 1. The van der Waals surface area contributed by atoms with Crippen molar-refractivity contribution in [2.45, 2.75) is 0 Å². The van der Waals surface area contributed by atoms with E-state index in [2.05, 4.69) is 27.5 Å². The largest absolute Gasteiger partial charge is 0.396 e. The van der Waals surface area contributed by atoms with Crippen LogP contribution in [0.25, 0.3) is 6.08 Å². The third kappa shape index (κ3) is 1.19. The van der Waals surface area contributed by atoms with Gasteiger partial charge < -0.3 is 5.73 Å². The van der Waals surface area contributed by atoms with E-state index >= 15 is 0 Å². The van der Waals surface area contributed by atoms with Crippen LogP contribution in [0.3, 0.4) is 0 Å². The van der Waals surface area contributed by atoms with Crippen molar-refractivity contribution in [2.24, 2.45) is 0 Å². The number of hydrogen-bond donors (Lipinski definition) is 1. The highest BCUT2D eigenvalue weighted by Crippen LogP contribution is 2.20. The van der Waals surface area contributed by atoms with Gasteiger partial charge in [0.2, 0.25) is 0 Å². The Labute approximate surface area is 67.9 Å². The molecule has 1 aromatic rings. The molecule has 0 aromatic carbocycles. The lowest BCUT2D eigenvalue weighted by Crippen LogP contribution is -1.91. The average Bonchev–Trinajstić information content (AvgIpc) is 1.95. The second kappa shape index (κ2) is 2.84. The van der Waals surface area contributed by atoms with Crippen LogP contribution >= 0.6 is 15.9 Å². The molecule has 0 radical (unpaired) electrons. The minimum atomic E-state index is 0.637. The minimum Gasteiger partial charge on any atom is -0.396 e. The maximum Gasteiger partial charge on any atom is 0.129 e. The number of rotatable bonds is 1. The summed E-state index contributed by atoms with van der Waals surface area (Å²) in [5.74, 6) is 0. The zero-order valence-electron chi connectivity index (χ0n) is 5.34. The van der Waals surface area contributed by atoms with Crippen LogP contribution in [-0.2, 0) is 0 Å². The third-order valence-electron chi connectivity index (χ3n) is 1.20. The van der Waals surface area contributed by atoms with E-state index in [0.29, 0.717) is 10.3 Å². The quantitative estimate of drug-likeness (QED) is 0.703. The maximum atomic E-state index is 5.61. The van der Waals surface area contributed by atoms with Gasteiger partial charge in [0.25, 0.3) is 0 Å². The molecule has 1 rings (SSSR count). The van der Waals surface area contributed by atoms with Crippen LogP contribution in [0.15, 0.2) is 23.4 Å². The molecular weight excluding hydrogens is 192 g/mol. The molecule has 52 valence electrons. The smallest absolute Gasteiger partial charge is 0.129 e. The zero-order valence-corrected chi connectivity index (χ0v) is 6.93. The minimum absolute atomic E-state index is 0.637. The Balaban J connectivity index is 3.27. The molecule has 2 nitrogen and oxygen atoms in total. The van der Waals surface area contributed by atoms with Gasteiger partial charge >= 0.3 is 0 Å². The van der Waals surface area contributed by atoms with Crippen LogP contribution in [0.5, 0.6) is 0 Å². The van der Waals surface area contributed by atoms with E-state index in [1.54, 1.807) is 12.3 Å². The Morgan fingerprint density at radius 3 is 2.90 bits per heavy atom. The molecule has 0 unspecified atom stereocenters. The summed E-state index contributed by atoms with van der Waals surface area (Å²) in [5.41, 5.74) is 7.15. The molecule has 1 heterocycles. The van der Waals surface area contributed by atoms with Crippen molar-refractivity contribution < 1.29 is 0 Å². The van der Waals surface area contributed by atoms with E-state index in [1.165, 1.54) is 0 Å². The van der Waals surface area contributed by atoms with Crippen LogP contribution in [0.4, 0.5) is 5.69 Å². The van der Waals surface area contributed by atoms with Crippen LogP contribution in [0.1, 0.15) is 5.56 Å². The number of hydrogen-bond acceptors (Lipinski definition) is 2. The van der Waals surface area contributed by atoms with Crippen molar-refractivity contribution in [1.82, 2.24) is 4.98 Å². The molecule has 0 fully saturated rings. The van der Waals surface area contributed by atoms with Gasteiger partial charge in [0.15, 0.2) is 0 Å². The fourth-order valence-electron chi connectivity index (χ4n) is 0.639. The van der Waals surface area contributed by atoms with Crippen LogP contribution in [-0.4, -0.2) is 4.98 Å². The summed E-state index contributed by atoms with van der Waals surface area (Å²) < 4.78 is 0.671. The Hall–Kier alpha value is -0.830. The van der Waals surface area contributed by atoms with E-state index in [0.717, 1.165) is 5.56 Å². The molecule has 0 saturated carbocycles. The summed E-state index contributed by atoms with van der Waals surface area (Å²) in [7, 11) is 0. The molecule has 0 aliphatic rings. The Bertz CT molecular complexity index is 258. The van der Waals surface area contributed by atoms with E-state index in [4.69, 9.17) is 5.73 Å². The van der Waals surface area contributed by atoms with Crippen molar-refractivity contribution in [1.29, 1.82) is 0 Å². The first kappa shape index (κ1) is 7.28. The average molecular weight is 199 g/mol. The molecule has 3 heteroatoms. The van der Waals surface area contributed by atoms with Crippen molar-refractivity contribution >= 4 is 27.7 Å². The summed E-state index contributed by atoms with van der Waals surface area (Å²) in [6.07, 6.45) is 3.37. The summed E-state index contributed by atoms with van der Waals surface area (Å²) >= 11 is 3.20. The summed E-state index contributed by atoms with van der Waals surface area (Å²) in [5, 5.41) is 0.